The smallest absolute Gasteiger partial charge is 0.268 e. The first-order valence-electron chi connectivity index (χ1n) is 3.17. The highest BCUT2D eigenvalue weighted by Crippen LogP contribution is 1.93. The van der Waals surface area contributed by atoms with Gasteiger partial charge in [-0.1, -0.05) is 0 Å². The number of primary amides is 1. The highest BCUT2D eigenvalue weighted by molar-refractivity contribution is 7.07. The Labute approximate surface area is 73.4 Å². The second kappa shape index (κ2) is 4.40. The monoisotopic (exact) mass is 181 g/mol. The third-order valence-electron chi connectivity index (χ3n) is 1.02. The van der Waals surface area contributed by atoms with Gasteiger partial charge < -0.3 is 5.73 Å². The normalized spacial score (nSPS) is 8.67. The summed E-state index contributed by atoms with van der Waals surface area (Å²) in [6, 6.07) is 0. The van der Waals surface area contributed by atoms with Crippen molar-refractivity contribution in [3.63, 3.8) is 0 Å². The fraction of sp³-hybridized carbons (Fsp3) is 0. The van der Waals surface area contributed by atoms with Crippen LogP contribution in [0.25, 0.3) is 0 Å². The van der Waals surface area contributed by atoms with Gasteiger partial charge in [0.05, 0.1) is 0 Å². The van der Waals surface area contributed by atoms with Crippen LogP contribution in [0.5, 0.6) is 0 Å². The Hall–Kier alpha value is -1.49. The van der Waals surface area contributed by atoms with Crippen molar-refractivity contribution in [3.8, 4) is 0 Å². The maximum absolute atomic E-state index is 10.7. The molecule has 0 aromatic carbocycles. The Bertz CT molecular complexity index is 298. The standard InChI is InChI=1S/C7H7N3OS/c8-7(11)6-5-12-4-3-9-1-2-10-6/h1-5H,(H2,8,11). The Morgan fingerprint density at radius 1 is 1.42 bits per heavy atom. The average molecular weight is 181 g/mol. The topological polar surface area (TPSA) is 68.9 Å². The molecule has 0 aliphatic heterocycles. The average Bonchev–Trinajstić information content (AvgIpc) is 2.15. The van der Waals surface area contributed by atoms with Gasteiger partial charge in [0.15, 0.2) is 0 Å². The van der Waals surface area contributed by atoms with Gasteiger partial charge in [-0.3, -0.25) is 9.78 Å². The lowest BCUT2D eigenvalue weighted by atomic mass is 10.5. The highest BCUT2D eigenvalue weighted by atomic mass is 32.1. The Morgan fingerprint density at radius 2 is 2.25 bits per heavy atom. The lowest BCUT2D eigenvalue weighted by Crippen LogP contribution is -2.11. The highest BCUT2D eigenvalue weighted by Gasteiger charge is 1.95. The number of nitrogens with zero attached hydrogens (tertiary/aromatic N) is 2. The first-order valence-corrected chi connectivity index (χ1v) is 4.11. The molecule has 2 N–H and O–H groups in total. The van der Waals surface area contributed by atoms with E-state index in [1.165, 1.54) is 23.7 Å². The van der Waals surface area contributed by atoms with Gasteiger partial charge in [0, 0.05) is 29.4 Å². The third kappa shape index (κ3) is 2.63. The molecule has 1 heterocycles. The second-order valence-electron chi connectivity index (χ2n) is 1.86. The SMILES string of the molecule is NC(=O)c1csccnccn1. The van der Waals surface area contributed by atoms with Crippen LogP contribution in [0.1, 0.15) is 10.5 Å². The summed E-state index contributed by atoms with van der Waals surface area (Å²) < 4.78 is 0. The molecule has 0 unspecified atom stereocenters. The predicted molar refractivity (Wildman–Crippen MR) is 46.1 cm³/mol. The van der Waals surface area contributed by atoms with Crippen molar-refractivity contribution >= 4 is 17.2 Å². The van der Waals surface area contributed by atoms with Crippen LogP contribution in [0.15, 0.2) is 29.4 Å². The number of aromatic nitrogens is 2. The first kappa shape index (κ1) is 8.61. The lowest BCUT2D eigenvalue weighted by Gasteiger charge is -1.84. The van der Waals surface area contributed by atoms with E-state index in [0.29, 0.717) is 0 Å². The zero-order chi connectivity index (χ0) is 8.81. The quantitative estimate of drug-likeness (QED) is 0.695. The molecule has 5 heteroatoms. The molecule has 0 saturated carbocycles. The number of rotatable bonds is 1. The van der Waals surface area contributed by atoms with Crippen LogP contribution in [0.2, 0.25) is 0 Å². The number of hydrogen-bond donors (Lipinski definition) is 1. The van der Waals surface area contributed by atoms with E-state index in [1.54, 1.807) is 17.0 Å². The van der Waals surface area contributed by atoms with Crippen molar-refractivity contribution in [1.82, 2.24) is 9.97 Å². The van der Waals surface area contributed by atoms with Crippen LogP contribution in [-0.4, -0.2) is 15.9 Å². The van der Waals surface area contributed by atoms with E-state index >= 15 is 0 Å². The van der Waals surface area contributed by atoms with Crippen LogP contribution < -0.4 is 5.73 Å². The first-order chi connectivity index (χ1) is 5.80. The number of carbonyl (C=O) groups excluding carboxylic acids is 1. The molecule has 1 aromatic rings. The third-order valence-corrected chi connectivity index (χ3v) is 1.66. The summed E-state index contributed by atoms with van der Waals surface area (Å²) in [5.41, 5.74) is 5.27. The summed E-state index contributed by atoms with van der Waals surface area (Å²) in [4.78, 5) is 18.3. The number of hydrogen-bond acceptors (Lipinski definition) is 4. The molecular weight excluding hydrogens is 174 g/mol. The minimum atomic E-state index is -0.539. The molecule has 0 aliphatic rings. The number of carbonyl (C=O) groups is 1. The van der Waals surface area contributed by atoms with Gasteiger partial charge in [0.1, 0.15) is 5.69 Å². The van der Waals surface area contributed by atoms with Crippen LogP contribution in [-0.2, 0) is 0 Å². The predicted octanol–water partition coefficient (Wildman–Crippen LogP) is 0.761. The number of amides is 1. The molecule has 0 saturated heterocycles. The van der Waals surface area contributed by atoms with Crippen molar-refractivity contribution < 1.29 is 4.79 Å². The summed E-state index contributed by atoms with van der Waals surface area (Å²) >= 11 is 1.31. The molecular formula is C7H7N3OS. The van der Waals surface area contributed by atoms with E-state index in [9.17, 15) is 4.79 Å². The molecule has 0 aliphatic carbocycles. The summed E-state index contributed by atoms with van der Waals surface area (Å²) in [7, 11) is 0. The zero-order valence-corrected chi connectivity index (χ0v) is 6.99. The van der Waals surface area contributed by atoms with Crippen molar-refractivity contribution in [1.29, 1.82) is 0 Å². The molecule has 1 rings (SSSR count). The Kier molecular flexibility index (Phi) is 3.16. The van der Waals surface area contributed by atoms with E-state index in [0.717, 1.165) is 0 Å². The molecule has 12 heavy (non-hydrogen) atoms. The van der Waals surface area contributed by atoms with E-state index in [2.05, 4.69) is 9.97 Å². The minimum absolute atomic E-state index is 0.234. The van der Waals surface area contributed by atoms with Gasteiger partial charge in [0.2, 0.25) is 0 Å². The molecule has 0 spiro atoms. The van der Waals surface area contributed by atoms with Gasteiger partial charge in [-0.25, -0.2) is 4.98 Å². The maximum Gasteiger partial charge on any atom is 0.268 e. The van der Waals surface area contributed by atoms with Crippen LogP contribution in [0.4, 0.5) is 0 Å². The Balaban J connectivity index is 3.19. The van der Waals surface area contributed by atoms with Gasteiger partial charge in [-0.15, -0.1) is 11.3 Å². The molecule has 1 amide bonds. The fourth-order valence-corrected chi connectivity index (χ4v) is 1.05. The lowest BCUT2D eigenvalue weighted by molar-refractivity contribution is 0.0996. The van der Waals surface area contributed by atoms with E-state index < -0.39 is 5.91 Å². The zero-order valence-electron chi connectivity index (χ0n) is 6.18. The van der Waals surface area contributed by atoms with Crippen molar-refractivity contribution in [2.45, 2.75) is 0 Å². The minimum Gasteiger partial charge on any atom is -0.364 e. The van der Waals surface area contributed by atoms with Crippen LogP contribution >= 0.6 is 11.3 Å². The van der Waals surface area contributed by atoms with Crippen molar-refractivity contribution in [3.05, 3.63) is 35.0 Å². The van der Waals surface area contributed by atoms with E-state index in [1.807, 2.05) is 0 Å². The summed E-state index contributed by atoms with van der Waals surface area (Å²) in [6.45, 7) is 0. The summed E-state index contributed by atoms with van der Waals surface area (Å²) in [5, 5.41) is 3.30. The van der Waals surface area contributed by atoms with Gasteiger partial charge in [-0.2, -0.15) is 0 Å². The van der Waals surface area contributed by atoms with Crippen molar-refractivity contribution in [2.75, 3.05) is 0 Å². The molecule has 0 bridgehead atoms. The van der Waals surface area contributed by atoms with Gasteiger partial charge in [0.25, 0.3) is 5.91 Å². The van der Waals surface area contributed by atoms with E-state index in [-0.39, 0.29) is 5.69 Å². The van der Waals surface area contributed by atoms with Crippen LogP contribution in [0, 0.1) is 0 Å². The van der Waals surface area contributed by atoms with Crippen molar-refractivity contribution in [2.24, 2.45) is 5.73 Å². The molecule has 4 nitrogen and oxygen atoms in total. The molecule has 62 valence electrons. The van der Waals surface area contributed by atoms with Crippen LogP contribution in [0.3, 0.4) is 0 Å². The summed E-state index contributed by atoms with van der Waals surface area (Å²) in [5.74, 6) is -0.539. The molecule has 1 aromatic heterocycles. The molecule has 0 radical (unpaired) electrons. The largest absolute Gasteiger partial charge is 0.364 e. The molecule has 0 atom stereocenters. The number of nitrogens with two attached hydrogens (primary N) is 1. The van der Waals surface area contributed by atoms with Gasteiger partial charge in [-0.05, 0) is 0 Å². The fourth-order valence-electron chi connectivity index (χ4n) is 0.528. The molecule has 0 fully saturated rings. The Morgan fingerprint density at radius 3 is 3.00 bits per heavy atom. The summed E-state index contributed by atoms with van der Waals surface area (Å²) in [6.07, 6.45) is 4.52. The van der Waals surface area contributed by atoms with Gasteiger partial charge >= 0.3 is 0 Å². The maximum atomic E-state index is 10.7. The second-order valence-corrected chi connectivity index (χ2v) is 2.64. The van der Waals surface area contributed by atoms with E-state index in [4.69, 9.17) is 5.73 Å².